The van der Waals surface area contributed by atoms with Crippen molar-refractivity contribution >= 4 is 0 Å². The second-order valence-corrected chi connectivity index (χ2v) is 6.10. The number of benzene rings is 2. The van der Waals surface area contributed by atoms with Crippen LogP contribution < -0.4 is 5.73 Å². The van der Waals surface area contributed by atoms with Crippen molar-refractivity contribution in [3.8, 4) is 11.1 Å². The predicted octanol–water partition coefficient (Wildman–Crippen LogP) is 3.03. The van der Waals surface area contributed by atoms with Gasteiger partial charge in [-0.2, -0.15) is 0 Å². The maximum Gasteiger partial charge on any atom is 0.0760 e. The molecule has 1 fully saturated rings. The SMILES string of the molecule is N[C@H](c1ccc2c(c1)Cc1ccccc1-2)[C@@H](O)C1CC1. The molecule has 0 radical (unpaired) electrons. The van der Waals surface area contributed by atoms with Crippen LogP contribution in [0.25, 0.3) is 11.1 Å². The summed E-state index contributed by atoms with van der Waals surface area (Å²) in [6.45, 7) is 0. The van der Waals surface area contributed by atoms with E-state index in [0.29, 0.717) is 5.92 Å². The van der Waals surface area contributed by atoms with Crippen molar-refractivity contribution in [2.45, 2.75) is 31.4 Å². The smallest absolute Gasteiger partial charge is 0.0760 e. The van der Waals surface area contributed by atoms with Crippen molar-refractivity contribution in [3.63, 3.8) is 0 Å². The molecule has 0 bridgehead atoms. The molecule has 2 aromatic carbocycles. The fraction of sp³-hybridized carbons (Fsp3) is 0.333. The molecule has 3 N–H and O–H groups in total. The Morgan fingerprint density at radius 2 is 1.75 bits per heavy atom. The molecule has 2 aliphatic rings. The van der Waals surface area contributed by atoms with E-state index in [2.05, 4.69) is 42.5 Å². The highest BCUT2D eigenvalue weighted by atomic mass is 16.3. The summed E-state index contributed by atoms with van der Waals surface area (Å²) < 4.78 is 0. The van der Waals surface area contributed by atoms with Crippen LogP contribution in [0.1, 0.15) is 35.6 Å². The summed E-state index contributed by atoms with van der Waals surface area (Å²) >= 11 is 0. The van der Waals surface area contributed by atoms with Crippen molar-refractivity contribution in [2.75, 3.05) is 0 Å². The topological polar surface area (TPSA) is 46.2 Å². The van der Waals surface area contributed by atoms with Gasteiger partial charge in [0.1, 0.15) is 0 Å². The second-order valence-electron chi connectivity index (χ2n) is 6.10. The summed E-state index contributed by atoms with van der Waals surface area (Å²) in [6.07, 6.45) is 2.82. The highest BCUT2D eigenvalue weighted by Crippen LogP contribution is 2.40. The Hall–Kier alpha value is -1.64. The van der Waals surface area contributed by atoms with Crippen LogP contribution in [0.5, 0.6) is 0 Å². The van der Waals surface area contributed by atoms with E-state index in [-0.39, 0.29) is 6.04 Å². The first-order valence-corrected chi connectivity index (χ1v) is 7.39. The monoisotopic (exact) mass is 265 g/mol. The molecule has 2 aromatic rings. The molecule has 0 heterocycles. The molecule has 4 rings (SSSR count). The van der Waals surface area contributed by atoms with Gasteiger partial charge in [0.05, 0.1) is 12.1 Å². The fourth-order valence-corrected chi connectivity index (χ4v) is 3.30. The highest BCUT2D eigenvalue weighted by Gasteiger charge is 2.34. The molecule has 0 spiro atoms. The molecule has 20 heavy (non-hydrogen) atoms. The zero-order valence-electron chi connectivity index (χ0n) is 11.4. The lowest BCUT2D eigenvalue weighted by Gasteiger charge is -2.19. The van der Waals surface area contributed by atoms with Crippen LogP contribution in [-0.2, 0) is 6.42 Å². The number of nitrogens with two attached hydrogens (primary N) is 1. The number of hydrogen-bond donors (Lipinski definition) is 2. The molecule has 0 aromatic heterocycles. The molecule has 2 nitrogen and oxygen atoms in total. The zero-order chi connectivity index (χ0) is 13.7. The number of aliphatic hydroxyl groups excluding tert-OH is 1. The lowest BCUT2D eigenvalue weighted by molar-refractivity contribution is 0.122. The van der Waals surface area contributed by atoms with Crippen molar-refractivity contribution < 1.29 is 5.11 Å². The van der Waals surface area contributed by atoms with Crippen LogP contribution >= 0.6 is 0 Å². The van der Waals surface area contributed by atoms with E-state index in [9.17, 15) is 5.11 Å². The Bertz CT molecular complexity index is 660. The average molecular weight is 265 g/mol. The molecule has 1 saturated carbocycles. The van der Waals surface area contributed by atoms with E-state index in [0.717, 1.165) is 24.8 Å². The maximum absolute atomic E-state index is 10.2. The molecule has 102 valence electrons. The maximum atomic E-state index is 10.2. The van der Waals surface area contributed by atoms with Crippen molar-refractivity contribution in [3.05, 3.63) is 59.2 Å². The Balaban J connectivity index is 1.68. The molecular weight excluding hydrogens is 246 g/mol. The average Bonchev–Trinajstić information content (AvgIpc) is 3.26. The van der Waals surface area contributed by atoms with Crippen LogP contribution in [0.15, 0.2) is 42.5 Å². The third-order valence-electron chi connectivity index (χ3n) is 4.68. The molecule has 2 aliphatic carbocycles. The van der Waals surface area contributed by atoms with E-state index in [1.807, 2.05) is 0 Å². The van der Waals surface area contributed by atoms with E-state index >= 15 is 0 Å². The van der Waals surface area contributed by atoms with Crippen LogP contribution in [-0.4, -0.2) is 11.2 Å². The minimum absolute atomic E-state index is 0.253. The standard InChI is InChI=1S/C18H19NO/c19-17(18(20)11-5-6-11)13-7-8-16-14(10-13)9-12-3-1-2-4-15(12)16/h1-4,7-8,10-11,17-18,20H,5-6,9,19H2/t17-,18+/m1/s1. The summed E-state index contributed by atoms with van der Waals surface area (Å²) in [5.41, 5.74) is 12.7. The second kappa shape index (κ2) is 4.44. The fourth-order valence-electron chi connectivity index (χ4n) is 3.30. The van der Waals surface area contributed by atoms with Gasteiger partial charge in [-0.3, -0.25) is 0 Å². The normalized spacial score (nSPS) is 19.3. The van der Waals surface area contributed by atoms with Crippen LogP contribution in [0, 0.1) is 5.92 Å². The Labute approximate surface area is 119 Å². The van der Waals surface area contributed by atoms with Gasteiger partial charge in [-0.25, -0.2) is 0 Å². The number of hydrogen-bond acceptors (Lipinski definition) is 2. The first kappa shape index (κ1) is 12.1. The lowest BCUT2D eigenvalue weighted by Crippen LogP contribution is -2.27. The summed E-state index contributed by atoms with van der Waals surface area (Å²) in [5, 5.41) is 10.2. The minimum atomic E-state index is -0.392. The molecule has 0 saturated heterocycles. The van der Waals surface area contributed by atoms with Gasteiger partial charge in [-0.1, -0.05) is 42.5 Å². The number of fused-ring (bicyclic) bond motifs is 3. The molecular formula is C18H19NO. The third kappa shape index (κ3) is 1.88. The Kier molecular flexibility index (Phi) is 2.69. The number of rotatable bonds is 3. The van der Waals surface area contributed by atoms with E-state index in [4.69, 9.17) is 5.73 Å². The summed E-state index contributed by atoms with van der Waals surface area (Å²) in [7, 11) is 0. The zero-order valence-corrected chi connectivity index (χ0v) is 11.4. The van der Waals surface area contributed by atoms with Crippen LogP contribution in [0.3, 0.4) is 0 Å². The van der Waals surface area contributed by atoms with Crippen molar-refractivity contribution in [1.29, 1.82) is 0 Å². The van der Waals surface area contributed by atoms with Crippen molar-refractivity contribution in [1.82, 2.24) is 0 Å². The van der Waals surface area contributed by atoms with Gasteiger partial charge in [0, 0.05) is 0 Å². The Morgan fingerprint density at radius 1 is 1.00 bits per heavy atom. The van der Waals surface area contributed by atoms with Gasteiger partial charge in [-0.15, -0.1) is 0 Å². The van der Waals surface area contributed by atoms with Gasteiger partial charge in [-0.05, 0) is 53.0 Å². The summed E-state index contributed by atoms with van der Waals surface area (Å²) in [6, 6.07) is 14.7. The first-order valence-electron chi connectivity index (χ1n) is 7.39. The van der Waals surface area contributed by atoms with E-state index in [1.54, 1.807) is 0 Å². The first-order chi connectivity index (χ1) is 9.74. The van der Waals surface area contributed by atoms with Gasteiger partial charge in [0.2, 0.25) is 0 Å². The van der Waals surface area contributed by atoms with Gasteiger partial charge < -0.3 is 10.8 Å². The Morgan fingerprint density at radius 3 is 2.55 bits per heavy atom. The molecule has 2 heteroatoms. The van der Waals surface area contributed by atoms with Gasteiger partial charge in [0.25, 0.3) is 0 Å². The minimum Gasteiger partial charge on any atom is -0.391 e. The van der Waals surface area contributed by atoms with Crippen molar-refractivity contribution in [2.24, 2.45) is 11.7 Å². The number of aliphatic hydroxyl groups is 1. The highest BCUT2D eigenvalue weighted by molar-refractivity contribution is 5.77. The molecule has 0 amide bonds. The molecule has 0 aliphatic heterocycles. The van der Waals surface area contributed by atoms with Crippen LogP contribution in [0.2, 0.25) is 0 Å². The lowest BCUT2D eigenvalue weighted by atomic mass is 9.95. The van der Waals surface area contributed by atoms with Gasteiger partial charge in [0.15, 0.2) is 0 Å². The molecule has 0 unspecified atom stereocenters. The predicted molar refractivity (Wildman–Crippen MR) is 80.3 cm³/mol. The van der Waals surface area contributed by atoms with Crippen LogP contribution in [0.4, 0.5) is 0 Å². The van der Waals surface area contributed by atoms with E-state index in [1.165, 1.54) is 22.3 Å². The van der Waals surface area contributed by atoms with Gasteiger partial charge >= 0.3 is 0 Å². The third-order valence-corrected chi connectivity index (χ3v) is 4.68. The quantitative estimate of drug-likeness (QED) is 0.764. The summed E-state index contributed by atoms with van der Waals surface area (Å²) in [5.74, 6) is 0.412. The largest absolute Gasteiger partial charge is 0.391 e. The van der Waals surface area contributed by atoms with E-state index < -0.39 is 6.10 Å². The molecule has 2 atom stereocenters. The summed E-state index contributed by atoms with van der Waals surface area (Å²) in [4.78, 5) is 0.